The van der Waals surface area contributed by atoms with Gasteiger partial charge in [0.05, 0.1) is 0 Å². The molecule has 1 aliphatic carbocycles. The zero-order valence-corrected chi connectivity index (χ0v) is 9.58. The molecular weight excluding hydrogens is 194 g/mol. The first-order valence-corrected chi connectivity index (χ1v) is 5.34. The van der Waals surface area contributed by atoms with E-state index in [9.17, 15) is 9.59 Å². The molecule has 0 radical (unpaired) electrons. The van der Waals surface area contributed by atoms with E-state index >= 15 is 0 Å². The summed E-state index contributed by atoms with van der Waals surface area (Å²) in [5.74, 6) is 0.426. The van der Waals surface area contributed by atoms with Crippen LogP contribution in [0, 0.1) is 11.8 Å². The Balaban J connectivity index is 2.23. The molecule has 1 fully saturated rings. The monoisotopic (exact) mass is 213 g/mol. The highest BCUT2D eigenvalue weighted by molar-refractivity contribution is 5.68. The highest BCUT2D eigenvalue weighted by atomic mass is 16.6. The third-order valence-electron chi connectivity index (χ3n) is 2.28. The minimum Gasteiger partial charge on any atom is -0.444 e. The van der Waals surface area contributed by atoms with Gasteiger partial charge in [-0.2, -0.15) is 0 Å². The fourth-order valence-electron chi connectivity index (χ4n) is 1.37. The minimum atomic E-state index is -0.486. The summed E-state index contributed by atoms with van der Waals surface area (Å²) < 4.78 is 5.07. The summed E-state index contributed by atoms with van der Waals surface area (Å²) in [4.78, 5) is 22.0. The molecule has 0 aromatic carbocycles. The zero-order valence-electron chi connectivity index (χ0n) is 9.58. The molecule has 0 aromatic heterocycles. The molecular formula is C11H19NO3. The summed E-state index contributed by atoms with van der Waals surface area (Å²) in [6.07, 6.45) is 2.67. The fourth-order valence-corrected chi connectivity index (χ4v) is 1.37. The van der Waals surface area contributed by atoms with E-state index < -0.39 is 11.7 Å². The Morgan fingerprint density at radius 3 is 2.53 bits per heavy atom. The van der Waals surface area contributed by atoms with Crippen LogP contribution in [-0.4, -0.2) is 24.5 Å². The molecule has 1 atom stereocenters. The third kappa shape index (κ3) is 4.81. The van der Waals surface area contributed by atoms with E-state index in [4.69, 9.17) is 4.74 Å². The van der Waals surface area contributed by atoms with Gasteiger partial charge in [0.25, 0.3) is 0 Å². The van der Waals surface area contributed by atoms with Crippen LogP contribution in [0.5, 0.6) is 0 Å². The molecule has 86 valence electrons. The number of nitrogens with one attached hydrogen (secondary N) is 1. The standard InChI is InChI=1S/C11H19NO3/c1-11(2,3)15-10(14)12-6-9(7-13)8-4-5-8/h7-9H,4-6H2,1-3H3,(H,12,14)/t9-/m0/s1. The van der Waals surface area contributed by atoms with Gasteiger partial charge in [0.1, 0.15) is 11.9 Å². The van der Waals surface area contributed by atoms with Crippen LogP contribution in [0.2, 0.25) is 0 Å². The molecule has 0 spiro atoms. The number of alkyl carbamates (subject to hydrolysis) is 1. The van der Waals surface area contributed by atoms with Crippen molar-refractivity contribution in [2.24, 2.45) is 11.8 Å². The molecule has 1 aliphatic rings. The average Bonchev–Trinajstić information content (AvgIpc) is 2.85. The third-order valence-corrected chi connectivity index (χ3v) is 2.28. The van der Waals surface area contributed by atoms with E-state index in [1.54, 1.807) is 0 Å². The van der Waals surface area contributed by atoms with Gasteiger partial charge in [0.2, 0.25) is 0 Å². The lowest BCUT2D eigenvalue weighted by Gasteiger charge is -2.20. The Morgan fingerprint density at radius 2 is 2.13 bits per heavy atom. The van der Waals surface area contributed by atoms with E-state index in [2.05, 4.69) is 5.32 Å². The van der Waals surface area contributed by atoms with Crippen molar-refractivity contribution in [3.05, 3.63) is 0 Å². The number of aldehydes is 1. The highest BCUT2D eigenvalue weighted by Crippen LogP contribution is 2.35. The number of hydrogen-bond donors (Lipinski definition) is 1. The smallest absolute Gasteiger partial charge is 0.407 e. The van der Waals surface area contributed by atoms with Crippen LogP contribution in [0.1, 0.15) is 33.6 Å². The van der Waals surface area contributed by atoms with Crippen LogP contribution in [-0.2, 0) is 9.53 Å². The Kier molecular flexibility index (Phi) is 3.72. The SMILES string of the molecule is CC(C)(C)OC(=O)NC[C@@H](C=O)C1CC1. The number of carbonyl (C=O) groups excluding carboxylic acids is 2. The van der Waals surface area contributed by atoms with E-state index in [1.165, 1.54) is 0 Å². The Morgan fingerprint density at radius 1 is 1.53 bits per heavy atom. The molecule has 1 saturated carbocycles. The van der Waals surface area contributed by atoms with Gasteiger partial charge in [0, 0.05) is 12.5 Å². The van der Waals surface area contributed by atoms with Gasteiger partial charge in [0.15, 0.2) is 0 Å². The fraction of sp³-hybridized carbons (Fsp3) is 0.818. The Bertz CT molecular complexity index is 241. The quantitative estimate of drug-likeness (QED) is 0.724. The second kappa shape index (κ2) is 4.64. The lowest BCUT2D eigenvalue weighted by molar-refractivity contribution is -0.111. The van der Waals surface area contributed by atoms with Crippen molar-refractivity contribution in [3.8, 4) is 0 Å². The van der Waals surface area contributed by atoms with Crippen molar-refractivity contribution in [2.45, 2.75) is 39.2 Å². The molecule has 0 aliphatic heterocycles. The maximum absolute atomic E-state index is 11.3. The van der Waals surface area contributed by atoms with Gasteiger partial charge in [-0.15, -0.1) is 0 Å². The first-order chi connectivity index (χ1) is 6.92. The summed E-state index contributed by atoms with van der Waals surface area (Å²) in [5, 5.41) is 2.62. The minimum absolute atomic E-state index is 0.0440. The predicted molar refractivity (Wildman–Crippen MR) is 56.5 cm³/mol. The number of amides is 1. The maximum atomic E-state index is 11.3. The van der Waals surface area contributed by atoms with Crippen molar-refractivity contribution in [1.82, 2.24) is 5.32 Å². The van der Waals surface area contributed by atoms with Crippen LogP contribution >= 0.6 is 0 Å². The normalized spacial score (nSPS) is 18.1. The van der Waals surface area contributed by atoms with Crippen LogP contribution < -0.4 is 5.32 Å². The van der Waals surface area contributed by atoms with E-state index in [1.807, 2.05) is 20.8 Å². The molecule has 0 saturated heterocycles. The van der Waals surface area contributed by atoms with E-state index in [0.29, 0.717) is 12.5 Å². The lowest BCUT2D eigenvalue weighted by atomic mass is 10.1. The molecule has 15 heavy (non-hydrogen) atoms. The number of ether oxygens (including phenoxy) is 1. The predicted octanol–water partition coefficient (Wildman–Crippen LogP) is 1.74. The van der Waals surface area contributed by atoms with Crippen LogP contribution in [0.25, 0.3) is 0 Å². The zero-order chi connectivity index (χ0) is 11.5. The summed E-state index contributed by atoms with van der Waals surface area (Å²) >= 11 is 0. The second-order valence-electron chi connectivity index (χ2n) is 5.02. The van der Waals surface area contributed by atoms with Gasteiger partial charge in [-0.05, 0) is 39.5 Å². The van der Waals surface area contributed by atoms with E-state index in [0.717, 1.165) is 19.1 Å². The molecule has 4 heteroatoms. The summed E-state index contributed by atoms with van der Waals surface area (Å²) in [6.45, 7) is 5.82. The first kappa shape index (κ1) is 12.0. The molecule has 1 N–H and O–H groups in total. The van der Waals surface area contributed by atoms with Crippen LogP contribution in [0.3, 0.4) is 0 Å². The molecule has 0 heterocycles. The van der Waals surface area contributed by atoms with Gasteiger partial charge in [-0.1, -0.05) is 0 Å². The molecule has 4 nitrogen and oxygen atoms in total. The summed E-state index contributed by atoms with van der Waals surface area (Å²) in [6, 6.07) is 0. The van der Waals surface area contributed by atoms with Crippen molar-refractivity contribution in [1.29, 1.82) is 0 Å². The second-order valence-corrected chi connectivity index (χ2v) is 5.02. The number of hydrogen-bond acceptors (Lipinski definition) is 3. The topological polar surface area (TPSA) is 55.4 Å². The van der Waals surface area contributed by atoms with Gasteiger partial charge < -0.3 is 14.8 Å². The Hall–Kier alpha value is -1.06. The van der Waals surface area contributed by atoms with Crippen molar-refractivity contribution in [3.63, 3.8) is 0 Å². The van der Waals surface area contributed by atoms with E-state index in [-0.39, 0.29) is 5.92 Å². The molecule has 1 amide bonds. The maximum Gasteiger partial charge on any atom is 0.407 e. The molecule has 0 bridgehead atoms. The van der Waals surface area contributed by atoms with Crippen molar-refractivity contribution in [2.75, 3.05) is 6.54 Å². The first-order valence-electron chi connectivity index (χ1n) is 5.34. The lowest BCUT2D eigenvalue weighted by Crippen LogP contribution is -2.36. The summed E-state index contributed by atoms with van der Waals surface area (Å²) in [7, 11) is 0. The highest BCUT2D eigenvalue weighted by Gasteiger charge is 2.31. The molecule has 1 rings (SSSR count). The van der Waals surface area contributed by atoms with Gasteiger partial charge in [-0.3, -0.25) is 0 Å². The van der Waals surface area contributed by atoms with Gasteiger partial charge in [-0.25, -0.2) is 4.79 Å². The number of carbonyl (C=O) groups is 2. The largest absolute Gasteiger partial charge is 0.444 e. The van der Waals surface area contributed by atoms with Crippen LogP contribution in [0.4, 0.5) is 4.79 Å². The van der Waals surface area contributed by atoms with Crippen molar-refractivity contribution >= 4 is 12.4 Å². The average molecular weight is 213 g/mol. The Labute approximate surface area is 90.4 Å². The van der Waals surface area contributed by atoms with Gasteiger partial charge >= 0.3 is 6.09 Å². The number of rotatable bonds is 4. The molecule has 0 aromatic rings. The summed E-state index contributed by atoms with van der Waals surface area (Å²) in [5.41, 5.74) is -0.486. The van der Waals surface area contributed by atoms with Crippen LogP contribution in [0.15, 0.2) is 0 Å². The molecule has 0 unspecified atom stereocenters. The van der Waals surface area contributed by atoms with Crippen molar-refractivity contribution < 1.29 is 14.3 Å².